The second-order valence-electron chi connectivity index (χ2n) is 17.5. The summed E-state index contributed by atoms with van der Waals surface area (Å²) in [6.07, 6.45) is 0. The van der Waals surface area contributed by atoms with Crippen molar-refractivity contribution in [3.05, 3.63) is 231 Å². The first kappa shape index (κ1) is 38.1. The van der Waals surface area contributed by atoms with Crippen LogP contribution in [0.25, 0.3) is 138 Å². The number of furan rings is 1. The zero-order valence-corrected chi connectivity index (χ0v) is 36.6. The molecule has 0 aliphatic heterocycles. The van der Waals surface area contributed by atoms with Gasteiger partial charge in [0.05, 0.1) is 11.0 Å². The van der Waals surface area contributed by atoms with E-state index in [0.717, 1.165) is 93.6 Å². The topological polar surface area (TPSA) is 56.7 Å². The Morgan fingerprint density at radius 3 is 1.46 bits per heavy atom. The molecule has 0 bridgehead atoms. The summed E-state index contributed by atoms with van der Waals surface area (Å²) in [5.74, 6) is 1.72. The molecule has 0 aliphatic carbocycles. The van der Waals surface area contributed by atoms with Crippen molar-refractivity contribution < 1.29 is 4.42 Å². The molecular formula is C63H38N4O. The van der Waals surface area contributed by atoms with Crippen molar-refractivity contribution in [2.75, 3.05) is 0 Å². The number of nitrogens with zero attached hydrogens (tertiary/aromatic N) is 4. The van der Waals surface area contributed by atoms with Crippen LogP contribution in [0.5, 0.6) is 0 Å². The smallest absolute Gasteiger partial charge is 0.238 e. The van der Waals surface area contributed by atoms with E-state index in [-0.39, 0.29) is 0 Å². The Morgan fingerprint density at radius 2 is 0.794 bits per heavy atom. The average Bonchev–Trinajstić information content (AvgIpc) is 3.98. The van der Waals surface area contributed by atoms with E-state index in [0.29, 0.717) is 17.6 Å². The van der Waals surface area contributed by atoms with Gasteiger partial charge in [0.25, 0.3) is 0 Å². The Hall–Kier alpha value is -9.19. The fourth-order valence-electron chi connectivity index (χ4n) is 10.5. The number of para-hydroxylation sites is 1. The minimum atomic E-state index is 0.540. The minimum absolute atomic E-state index is 0.540. The first-order chi connectivity index (χ1) is 33.7. The molecule has 3 aromatic heterocycles. The summed E-state index contributed by atoms with van der Waals surface area (Å²) >= 11 is 0. The molecule has 0 radical (unpaired) electrons. The maximum absolute atomic E-state index is 6.52. The van der Waals surface area contributed by atoms with Gasteiger partial charge in [0, 0.05) is 43.6 Å². The molecule has 5 heteroatoms. The molecule has 14 aromatic rings. The first-order valence-electron chi connectivity index (χ1n) is 23.0. The molecule has 11 aromatic carbocycles. The van der Waals surface area contributed by atoms with Crippen LogP contribution >= 0.6 is 0 Å². The van der Waals surface area contributed by atoms with E-state index in [4.69, 9.17) is 19.4 Å². The molecule has 0 spiro atoms. The summed E-state index contributed by atoms with van der Waals surface area (Å²) in [5.41, 5.74) is 12.3. The van der Waals surface area contributed by atoms with Gasteiger partial charge in [0.15, 0.2) is 11.6 Å². The van der Waals surface area contributed by atoms with Gasteiger partial charge in [-0.1, -0.05) is 212 Å². The van der Waals surface area contributed by atoms with Gasteiger partial charge >= 0.3 is 0 Å². The van der Waals surface area contributed by atoms with E-state index in [1.165, 1.54) is 26.9 Å². The van der Waals surface area contributed by atoms with E-state index in [2.05, 4.69) is 223 Å². The third-order valence-electron chi connectivity index (χ3n) is 13.7. The largest absolute Gasteiger partial charge is 0.456 e. The minimum Gasteiger partial charge on any atom is -0.456 e. The van der Waals surface area contributed by atoms with Crippen LogP contribution in [0.1, 0.15) is 0 Å². The zero-order valence-electron chi connectivity index (χ0n) is 36.6. The summed E-state index contributed by atoms with van der Waals surface area (Å²) in [7, 11) is 0. The Labute approximate surface area is 390 Å². The summed E-state index contributed by atoms with van der Waals surface area (Å²) in [6, 6.07) is 81.6. The third-order valence-corrected chi connectivity index (χ3v) is 13.7. The van der Waals surface area contributed by atoms with Crippen LogP contribution in [0, 0.1) is 0 Å². The van der Waals surface area contributed by atoms with Gasteiger partial charge in [-0.05, 0) is 72.9 Å². The molecule has 316 valence electrons. The first-order valence-corrected chi connectivity index (χ1v) is 23.0. The van der Waals surface area contributed by atoms with Gasteiger partial charge in [0.2, 0.25) is 5.95 Å². The summed E-state index contributed by atoms with van der Waals surface area (Å²) in [6.45, 7) is 0. The fraction of sp³-hybridized carbons (Fsp3) is 0. The zero-order chi connectivity index (χ0) is 44.7. The quantitative estimate of drug-likeness (QED) is 0.156. The number of rotatable bonds is 6. The molecule has 0 amide bonds. The number of hydrogen-bond acceptors (Lipinski definition) is 4. The van der Waals surface area contributed by atoms with Crippen molar-refractivity contribution >= 4 is 76.1 Å². The van der Waals surface area contributed by atoms with Crippen LogP contribution in [-0.2, 0) is 0 Å². The molecule has 0 N–H and O–H groups in total. The maximum Gasteiger partial charge on any atom is 0.238 e. The molecule has 14 rings (SSSR count). The van der Waals surface area contributed by atoms with Crippen LogP contribution in [0.15, 0.2) is 235 Å². The van der Waals surface area contributed by atoms with Crippen LogP contribution in [0.3, 0.4) is 0 Å². The molecule has 0 atom stereocenters. The molecular weight excluding hydrogens is 829 g/mol. The summed E-state index contributed by atoms with van der Waals surface area (Å²) in [5, 5.41) is 11.5. The molecule has 5 nitrogen and oxygen atoms in total. The maximum atomic E-state index is 6.52. The molecule has 68 heavy (non-hydrogen) atoms. The van der Waals surface area contributed by atoms with Crippen LogP contribution in [0.2, 0.25) is 0 Å². The van der Waals surface area contributed by atoms with Crippen molar-refractivity contribution in [3.8, 4) is 62.1 Å². The standard InChI is InChI=1S/C63H38N4O/c1-3-14-39(15-4-1)41-26-30-44(31-27-41)61-64-62(45-32-28-42(29-33-45)40-16-5-2-6-17-40)66-63(65-61)67-59-48(46-35-36-55-54(38-46)57-47-19-8-7-18-43(47)34-37-56(57)68-55)24-13-25-53(59)58-51-22-11-9-20-49(51)50-21-10-12-23-52(50)60(58)67/h1-38H. The van der Waals surface area contributed by atoms with Crippen molar-refractivity contribution in [3.63, 3.8) is 0 Å². The normalized spacial score (nSPS) is 11.8. The van der Waals surface area contributed by atoms with Gasteiger partial charge in [-0.2, -0.15) is 9.97 Å². The third kappa shape index (κ3) is 5.99. The number of hydrogen-bond donors (Lipinski definition) is 0. The van der Waals surface area contributed by atoms with Crippen molar-refractivity contribution in [1.82, 2.24) is 19.5 Å². The van der Waals surface area contributed by atoms with E-state index in [1.807, 2.05) is 12.1 Å². The van der Waals surface area contributed by atoms with Crippen LogP contribution in [-0.4, -0.2) is 19.5 Å². The Kier molecular flexibility index (Phi) is 8.52. The second kappa shape index (κ2) is 15.2. The molecule has 0 saturated carbocycles. The van der Waals surface area contributed by atoms with Gasteiger partial charge in [0.1, 0.15) is 11.2 Å². The Balaban J connectivity index is 1.08. The van der Waals surface area contributed by atoms with E-state index in [9.17, 15) is 0 Å². The summed E-state index contributed by atoms with van der Waals surface area (Å²) < 4.78 is 8.83. The Bertz CT molecular complexity index is 4190. The highest BCUT2D eigenvalue weighted by atomic mass is 16.3. The van der Waals surface area contributed by atoms with Crippen LogP contribution < -0.4 is 0 Å². The van der Waals surface area contributed by atoms with Crippen molar-refractivity contribution in [1.29, 1.82) is 0 Å². The lowest BCUT2D eigenvalue weighted by Crippen LogP contribution is -2.07. The van der Waals surface area contributed by atoms with E-state index < -0.39 is 0 Å². The van der Waals surface area contributed by atoms with Gasteiger partial charge in [-0.3, -0.25) is 4.57 Å². The van der Waals surface area contributed by atoms with Gasteiger partial charge in [-0.25, -0.2) is 4.98 Å². The molecule has 0 aliphatic rings. The number of benzene rings is 11. The number of aromatic nitrogens is 4. The monoisotopic (exact) mass is 866 g/mol. The number of fused-ring (bicyclic) bond motifs is 13. The van der Waals surface area contributed by atoms with Crippen molar-refractivity contribution in [2.45, 2.75) is 0 Å². The summed E-state index contributed by atoms with van der Waals surface area (Å²) in [4.78, 5) is 16.3. The fourth-order valence-corrected chi connectivity index (χ4v) is 10.5. The SMILES string of the molecule is c1ccc(-c2ccc(-c3nc(-c4ccc(-c5ccccc5)cc4)nc(-n4c5c(-c6ccc7oc8ccc9ccccc9c8c7c6)cccc5c5c6ccccc6c6ccccc6c54)n3)cc2)cc1. The van der Waals surface area contributed by atoms with Gasteiger partial charge in [-0.15, -0.1) is 0 Å². The highest BCUT2D eigenvalue weighted by Crippen LogP contribution is 2.46. The Morgan fingerprint density at radius 1 is 0.294 bits per heavy atom. The lowest BCUT2D eigenvalue weighted by Gasteiger charge is -2.14. The van der Waals surface area contributed by atoms with Crippen molar-refractivity contribution in [2.24, 2.45) is 0 Å². The lowest BCUT2D eigenvalue weighted by atomic mass is 9.95. The molecule has 0 saturated heterocycles. The average molecular weight is 867 g/mol. The lowest BCUT2D eigenvalue weighted by molar-refractivity contribution is 0.669. The second-order valence-corrected chi connectivity index (χ2v) is 17.5. The predicted molar refractivity (Wildman–Crippen MR) is 281 cm³/mol. The highest BCUT2D eigenvalue weighted by molar-refractivity contribution is 6.33. The molecule has 0 unspecified atom stereocenters. The predicted octanol–water partition coefficient (Wildman–Crippen LogP) is 16.7. The highest BCUT2D eigenvalue weighted by Gasteiger charge is 2.25. The van der Waals surface area contributed by atoms with Gasteiger partial charge < -0.3 is 4.42 Å². The molecule has 0 fully saturated rings. The van der Waals surface area contributed by atoms with Crippen LogP contribution in [0.4, 0.5) is 0 Å². The van der Waals surface area contributed by atoms with E-state index in [1.54, 1.807) is 0 Å². The van der Waals surface area contributed by atoms with E-state index >= 15 is 0 Å². The molecule has 3 heterocycles.